The van der Waals surface area contributed by atoms with Gasteiger partial charge in [0.2, 0.25) is 0 Å². The predicted molar refractivity (Wildman–Crippen MR) is 109 cm³/mol. The van der Waals surface area contributed by atoms with E-state index in [-0.39, 0.29) is 24.5 Å². The van der Waals surface area contributed by atoms with Crippen molar-refractivity contribution in [2.75, 3.05) is 54.6 Å². The number of hydrogen-bond donors (Lipinski definition) is 2. The summed E-state index contributed by atoms with van der Waals surface area (Å²) in [7, 11) is 0. The Morgan fingerprint density at radius 2 is 2.00 bits per heavy atom. The number of halogens is 1. The van der Waals surface area contributed by atoms with Crippen LogP contribution in [0.25, 0.3) is 0 Å². The summed E-state index contributed by atoms with van der Waals surface area (Å²) in [5.41, 5.74) is 1.93. The average Bonchev–Trinajstić information content (AvgIpc) is 2.74. The highest BCUT2D eigenvalue weighted by atomic mass is 19.1. The number of anilines is 3. The number of ether oxygens (including phenoxy) is 1. The molecule has 2 saturated heterocycles. The minimum atomic E-state index is -0.260. The lowest BCUT2D eigenvalue weighted by Crippen LogP contribution is -2.53. The molecule has 6 nitrogen and oxygen atoms in total. The topological polar surface area (TPSA) is 60.9 Å². The van der Waals surface area contributed by atoms with Gasteiger partial charge in [-0.25, -0.2) is 9.37 Å². The van der Waals surface area contributed by atoms with Crippen LogP contribution in [0.4, 0.5) is 21.6 Å². The number of pyridine rings is 1. The fraction of sp³-hybridized carbons (Fsp3) is 0.476. The van der Waals surface area contributed by atoms with Crippen LogP contribution in [0.15, 0.2) is 42.6 Å². The van der Waals surface area contributed by atoms with Crippen molar-refractivity contribution in [3.63, 3.8) is 0 Å². The van der Waals surface area contributed by atoms with E-state index >= 15 is 0 Å². The average molecular weight is 386 g/mol. The summed E-state index contributed by atoms with van der Waals surface area (Å²) < 4.78 is 19.1. The number of nitrogens with zero attached hydrogens (tertiary/aromatic N) is 3. The Bertz CT molecular complexity index is 785. The van der Waals surface area contributed by atoms with Crippen LogP contribution in [0.5, 0.6) is 0 Å². The molecule has 0 unspecified atom stereocenters. The van der Waals surface area contributed by atoms with Gasteiger partial charge in [-0.15, -0.1) is 0 Å². The number of aromatic nitrogens is 1. The van der Waals surface area contributed by atoms with E-state index in [2.05, 4.69) is 26.2 Å². The van der Waals surface area contributed by atoms with Crippen molar-refractivity contribution >= 4 is 17.2 Å². The van der Waals surface area contributed by atoms with Crippen LogP contribution >= 0.6 is 0 Å². The number of hydrogen-bond acceptors (Lipinski definition) is 6. The molecule has 2 aromatic rings. The van der Waals surface area contributed by atoms with Crippen LogP contribution in [0.1, 0.15) is 12.8 Å². The van der Waals surface area contributed by atoms with Crippen molar-refractivity contribution in [3.05, 3.63) is 48.4 Å². The number of aliphatic hydroxyl groups excluding tert-OH is 1. The Morgan fingerprint density at radius 3 is 2.79 bits per heavy atom. The third-order valence-corrected chi connectivity index (χ3v) is 5.56. The second kappa shape index (κ2) is 8.75. The maximum Gasteiger partial charge on any atom is 0.128 e. The lowest BCUT2D eigenvalue weighted by molar-refractivity contribution is 0.122. The van der Waals surface area contributed by atoms with E-state index in [1.54, 1.807) is 6.07 Å². The highest BCUT2D eigenvalue weighted by Gasteiger charge is 2.31. The first-order valence-electron chi connectivity index (χ1n) is 9.93. The third-order valence-electron chi connectivity index (χ3n) is 5.56. The van der Waals surface area contributed by atoms with Gasteiger partial charge in [-0.3, -0.25) is 0 Å². The SMILES string of the molecule is OC[C@@H]1[C@H](Nc2cc(N3CCOCC3)ccn2)CCCN1c1cccc(F)c1. The van der Waals surface area contributed by atoms with E-state index in [4.69, 9.17) is 4.74 Å². The van der Waals surface area contributed by atoms with Crippen LogP contribution in [0.3, 0.4) is 0 Å². The molecule has 0 aliphatic carbocycles. The van der Waals surface area contributed by atoms with Crippen molar-refractivity contribution in [3.8, 4) is 0 Å². The van der Waals surface area contributed by atoms with Gasteiger partial charge < -0.3 is 25.0 Å². The number of morpholine rings is 1. The molecule has 0 saturated carbocycles. The number of aliphatic hydroxyl groups is 1. The fourth-order valence-electron chi connectivity index (χ4n) is 4.13. The first-order valence-corrected chi connectivity index (χ1v) is 9.93. The van der Waals surface area contributed by atoms with Crippen molar-refractivity contribution < 1.29 is 14.2 Å². The standard InChI is InChI=1S/C21H27FN4O2/c22-16-3-1-4-18(13-16)26-8-2-5-19(20(26)15-27)24-21-14-17(6-7-23-21)25-9-11-28-12-10-25/h1,3-4,6-7,13-14,19-20,27H,2,5,8-12,15H2,(H,23,24)/t19-,20-/m1/s1. The van der Waals surface area contributed by atoms with E-state index in [9.17, 15) is 9.50 Å². The Morgan fingerprint density at radius 1 is 1.14 bits per heavy atom. The molecule has 1 aromatic carbocycles. The van der Waals surface area contributed by atoms with Gasteiger partial charge in [0.1, 0.15) is 11.6 Å². The predicted octanol–water partition coefficient (Wildman–Crippen LogP) is 2.50. The Hall–Kier alpha value is -2.38. The molecule has 0 spiro atoms. The molecule has 7 heteroatoms. The molecule has 28 heavy (non-hydrogen) atoms. The van der Waals surface area contributed by atoms with E-state index in [1.165, 1.54) is 12.1 Å². The minimum absolute atomic E-state index is 0.00264. The van der Waals surface area contributed by atoms with Gasteiger partial charge in [0.15, 0.2) is 0 Å². The number of nitrogens with one attached hydrogen (secondary N) is 1. The fourth-order valence-corrected chi connectivity index (χ4v) is 4.13. The zero-order valence-corrected chi connectivity index (χ0v) is 15.9. The molecule has 150 valence electrons. The molecular weight excluding hydrogens is 359 g/mol. The second-order valence-electron chi connectivity index (χ2n) is 7.31. The van der Waals surface area contributed by atoms with Gasteiger partial charge in [-0.05, 0) is 37.1 Å². The van der Waals surface area contributed by atoms with Gasteiger partial charge in [-0.1, -0.05) is 6.07 Å². The molecule has 2 atom stereocenters. The summed E-state index contributed by atoms with van der Waals surface area (Å²) >= 11 is 0. The maximum absolute atomic E-state index is 13.7. The number of benzene rings is 1. The quantitative estimate of drug-likeness (QED) is 0.823. The van der Waals surface area contributed by atoms with Crippen molar-refractivity contribution in [2.24, 2.45) is 0 Å². The molecule has 4 rings (SSSR count). The van der Waals surface area contributed by atoms with Crippen LogP contribution in [-0.4, -0.2) is 61.6 Å². The third kappa shape index (κ3) is 4.20. The van der Waals surface area contributed by atoms with E-state index < -0.39 is 0 Å². The maximum atomic E-state index is 13.7. The summed E-state index contributed by atoms with van der Waals surface area (Å²) in [5.74, 6) is 0.540. The summed E-state index contributed by atoms with van der Waals surface area (Å²) in [6, 6.07) is 10.6. The van der Waals surface area contributed by atoms with Gasteiger partial charge in [0.05, 0.1) is 31.9 Å². The second-order valence-corrected chi connectivity index (χ2v) is 7.31. The normalized spacial score (nSPS) is 22.9. The molecule has 0 amide bonds. The molecule has 2 aliphatic rings. The molecule has 2 aliphatic heterocycles. The monoisotopic (exact) mass is 386 g/mol. The lowest BCUT2D eigenvalue weighted by Gasteiger charge is -2.42. The smallest absolute Gasteiger partial charge is 0.128 e. The molecule has 0 radical (unpaired) electrons. The number of rotatable bonds is 5. The Kier molecular flexibility index (Phi) is 5.92. The Balaban J connectivity index is 1.50. The summed E-state index contributed by atoms with van der Waals surface area (Å²) in [4.78, 5) is 8.86. The summed E-state index contributed by atoms with van der Waals surface area (Å²) in [6.45, 7) is 4.02. The van der Waals surface area contributed by atoms with Gasteiger partial charge >= 0.3 is 0 Å². The van der Waals surface area contributed by atoms with Crippen LogP contribution in [-0.2, 0) is 4.74 Å². The van der Waals surface area contributed by atoms with Gasteiger partial charge in [-0.2, -0.15) is 0 Å². The van der Waals surface area contributed by atoms with E-state index in [0.29, 0.717) is 0 Å². The Labute approximate surface area is 164 Å². The minimum Gasteiger partial charge on any atom is -0.394 e. The zero-order valence-electron chi connectivity index (χ0n) is 15.9. The first kappa shape index (κ1) is 19.0. The molecular formula is C21H27FN4O2. The van der Waals surface area contributed by atoms with E-state index in [1.807, 2.05) is 18.3 Å². The molecule has 2 fully saturated rings. The van der Waals surface area contributed by atoms with Crippen LogP contribution in [0.2, 0.25) is 0 Å². The van der Waals surface area contributed by atoms with Crippen molar-refractivity contribution in [2.45, 2.75) is 24.9 Å². The highest BCUT2D eigenvalue weighted by Crippen LogP contribution is 2.28. The van der Waals surface area contributed by atoms with E-state index in [0.717, 1.165) is 62.9 Å². The molecule has 2 N–H and O–H groups in total. The molecule has 1 aromatic heterocycles. The van der Waals surface area contributed by atoms with Crippen molar-refractivity contribution in [1.29, 1.82) is 0 Å². The van der Waals surface area contributed by atoms with Crippen molar-refractivity contribution in [1.82, 2.24) is 4.98 Å². The van der Waals surface area contributed by atoms with Gasteiger partial charge in [0.25, 0.3) is 0 Å². The summed E-state index contributed by atoms with van der Waals surface area (Å²) in [5, 5.41) is 13.6. The van der Waals surface area contributed by atoms with Gasteiger partial charge in [0, 0.05) is 43.3 Å². The first-order chi connectivity index (χ1) is 13.7. The number of piperidine rings is 1. The molecule has 3 heterocycles. The van der Waals surface area contributed by atoms with Crippen LogP contribution in [0, 0.1) is 5.82 Å². The zero-order chi connectivity index (χ0) is 19.3. The lowest BCUT2D eigenvalue weighted by atomic mass is 9.95. The molecule has 0 bridgehead atoms. The largest absolute Gasteiger partial charge is 0.394 e. The highest BCUT2D eigenvalue weighted by molar-refractivity contribution is 5.55. The summed E-state index contributed by atoms with van der Waals surface area (Å²) in [6.07, 6.45) is 3.71. The van der Waals surface area contributed by atoms with Crippen LogP contribution < -0.4 is 15.1 Å².